The molecule has 2 rings (SSSR count). The molecule has 146 valence electrons. The quantitative estimate of drug-likeness (QED) is 0.720. The molecule has 4 nitrogen and oxygen atoms in total. The van der Waals surface area contributed by atoms with E-state index in [2.05, 4.69) is 52.0 Å². The van der Waals surface area contributed by atoms with E-state index in [-0.39, 0.29) is 29.4 Å². The maximum Gasteiger partial charge on any atom is 0.223 e. The van der Waals surface area contributed by atoms with Gasteiger partial charge in [0.1, 0.15) is 0 Å². The Labute approximate surface area is 158 Å². The van der Waals surface area contributed by atoms with Gasteiger partial charge in [-0.3, -0.25) is 4.79 Å². The van der Waals surface area contributed by atoms with Crippen LogP contribution in [-0.2, 0) is 14.6 Å². The maximum absolute atomic E-state index is 13.0. The van der Waals surface area contributed by atoms with Crippen molar-refractivity contribution in [2.45, 2.75) is 65.3 Å². The summed E-state index contributed by atoms with van der Waals surface area (Å²) in [6.07, 6.45) is 1.00. The second-order valence-corrected chi connectivity index (χ2v) is 10.3. The van der Waals surface area contributed by atoms with Gasteiger partial charge in [-0.05, 0) is 42.2 Å². The van der Waals surface area contributed by atoms with Crippen molar-refractivity contribution in [3.05, 3.63) is 35.4 Å². The molecule has 0 bridgehead atoms. The second-order valence-electron chi connectivity index (χ2n) is 8.11. The molecule has 1 heterocycles. The van der Waals surface area contributed by atoms with Crippen LogP contribution >= 0.6 is 0 Å². The first-order valence-corrected chi connectivity index (χ1v) is 11.6. The summed E-state index contributed by atoms with van der Waals surface area (Å²) in [4.78, 5) is 14.7. The molecule has 0 saturated carbocycles. The molecule has 1 aromatic rings. The average Bonchev–Trinajstić information content (AvgIpc) is 2.92. The number of hydrogen-bond acceptors (Lipinski definition) is 3. The summed E-state index contributed by atoms with van der Waals surface area (Å²) in [5, 5.41) is 0. The van der Waals surface area contributed by atoms with Crippen LogP contribution in [0.4, 0.5) is 0 Å². The Kier molecular flexibility index (Phi) is 6.89. The van der Waals surface area contributed by atoms with E-state index in [0.717, 1.165) is 0 Å². The van der Waals surface area contributed by atoms with Crippen molar-refractivity contribution in [2.75, 3.05) is 18.1 Å². The summed E-state index contributed by atoms with van der Waals surface area (Å²) in [6.45, 7) is 11.1. The Balaban J connectivity index is 2.14. The highest BCUT2D eigenvalue weighted by atomic mass is 32.2. The molecule has 1 saturated heterocycles. The SMILES string of the molecule is CCN(C(=O)CC(c1ccc(C(C)C)cc1)C(C)C)C1CCS(=O)(=O)C1. The standard InChI is InChI=1S/C21H33NO3S/c1-6-22(19-11-12-26(24,25)14-19)21(23)13-20(16(4)5)18-9-7-17(8-10-18)15(2)3/h7-10,15-16,19-20H,6,11-14H2,1-5H3. The van der Waals surface area contributed by atoms with E-state index in [0.29, 0.717) is 31.2 Å². The van der Waals surface area contributed by atoms with Gasteiger partial charge in [0.2, 0.25) is 5.91 Å². The molecule has 1 aliphatic heterocycles. The number of carbonyl (C=O) groups is 1. The molecule has 2 atom stereocenters. The van der Waals surface area contributed by atoms with Gasteiger partial charge < -0.3 is 4.90 Å². The van der Waals surface area contributed by atoms with Crippen LogP contribution in [-0.4, -0.2) is 43.3 Å². The fourth-order valence-electron chi connectivity index (χ4n) is 3.83. The largest absolute Gasteiger partial charge is 0.339 e. The molecule has 1 aliphatic rings. The number of benzene rings is 1. The fraction of sp³-hybridized carbons (Fsp3) is 0.667. The summed E-state index contributed by atoms with van der Waals surface area (Å²) in [5.41, 5.74) is 2.49. The Morgan fingerprint density at radius 1 is 1.12 bits per heavy atom. The molecular formula is C21H33NO3S. The van der Waals surface area contributed by atoms with Crippen molar-refractivity contribution in [2.24, 2.45) is 5.92 Å². The highest BCUT2D eigenvalue weighted by Crippen LogP contribution is 2.31. The van der Waals surface area contributed by atoms with Crippen LogP contribution in [0.25, 0.3) is 0 Å². The first-order valence-electron chi connectivity index (χ1n) is 9.74. The molecular weight excluding hydrogens is 346 g/mol. The highest BCUT2D eigenvalue weighted by Gasteiger charge is 2.34. The third kappa shape index (κ3) is 5.09. The summed E-state index contributed by atoms with van der Waals surface area (Å²) in [7, 11) is -2.99. The lowest BCUT2D eigenvalue weighted by atomic mass is 9.84. The number of hydrogen-bond donors (Lipinski definition) is 0. The van der Waals surface area contributed by atoms with Gasteiger partial charge in [0, 0.05) is 19.0 Å². The number of nitrogens with zero attached hydrogens (tertiary/aromatic N) is 1. The first kappa shape index (κ1) is 20.9. The van der Waals surface area contributed by atoms with Crippen LogP contribution in [0.3, 0.4) is 0 Å². The Bertz CT molecular complexity index is 707. The molecule has 5 heteroatoms. The average molecular weight is 380 g/mol. The molecule has 1 fully saturated rings. The van der Waals surface area contributed by atoms with Crippen LogP contribution in [0.1, 0.15) is 70.4 Å². The molecule has 1 amide bonds. The predicted molar refractivity (Wildman–Crippen MR) is 107 cm³/mol. The molecule has 26 heavy (non-hydrogen) atoms. The minimum atomic E-state index is -2.99. The smallest absolute Gasteiger partial charge is 0.223 e. The van der Waals surface area contributed by atoms with E-state index in [1.165, 1.54) is 11.1 Å². The molecule has 0 aromatic heterocycles. The van der Waals surface area contributed by atoms with Gasteiger partial charge in [0.15, 0.2) is 9.84 Å². The van der Waals surface area contributed by atoms with Gasteiger partial charge in [-0.25, -0.2) is 8.42 Å². The number of rotatable bonds is 7. The van der Waals surface area contributed by atoms with Crippen molar-refractivity contribution in [1.29, 1.82) is 0 Å². The molecule has 0 N–H and O–H groups in total. The Morgan fingerprint density at radius 3 is 2.12 bits per heavy atom. The van der Waals surface area contributed by atoms with Crippen molar-refractivity contribution < 1.29 is 13.2 Å². The fourth-order valence-corrected chi connectivity index (χ4v) is 5.56. The van der Waals surface area contributed by atoms with Gasteiger partial charge >= 0.3 is 0 Å². The van der Waals surface area contributed by atoms with Crippen molar-refractivity contribution in [3.63, 3.8) is 0 Å². The minimum absolute atomic E-state index is 0.0706. The third-order valence-corrected chi connectivity index (χ3v) is 7.29. The lowest BCUT2D eigenvalue weighted by Crippen LogP contribution is -2.41. The second kappa shape index (κ2) is 8.55. The zero-order valence-electron chi connectivity index (χ0n) is 16.7. The molecule has 1 aromatic carbocycles. The maximum atomic E-state index is 13.0. The lowest BCUT2D eigenvalue weighted by molar-refractivity contribution is -0.133. The van der Waals surface area contributed by atoms with E-state index in [4.69, 9.17) is 0 Å². The van der Waals surface area contributed by atoms with Crippen LogP contribution in [0.15, 0.2) is 24.3 Å². The Morgan fingerprint density at radius 2 is 1.69 bits per heavy atom. The zero-order valence-corrected chi connectivity index (χ0v) is 17.6. The van der Waals surface area contributed by atoms with E-state index in [1.54, 1.807) is 4.90 Å². The predicted octanol–water partition coefficient (Wildman–Crippen LogP) is 3.98. The third-order valence-electron chi connectivity index (χ3n) is 5.54. The van der Waals surface area contributed by atoms with E-state index in [9.17, 15) is 13.2 Å². The molecule has 0 radical (unpaired) electrons. The van der Waals surface area contributed by atoms with Gasteiger partial charge in [-0.15, -0.1) is 0 Å². The van der Waals surface area contributed by atoms with E-state index >= 15 is 0 Å². The highest BCUT2D eigenvalue weighted by molar-refractivity contribution is 7.91. The van der Waals surface area contributed by atoms with Crippen molar-refractivity contribution >= 4 is 15.7 Å². The topological polar surface area (TPSA) is 54.5 Å². The summed E-state index contributed by atoms with van der Waals surface area (Å²) >= 11 is 0. The van der Waals surface area contributed by atoms with Crippen LogP contribution in [0, 0.1) is 5.92 Å². The van der Waals surface area contributed by atoms with Crippen molar-refractivity contribution in [3.8, 4) is 0 Å². The summed E-state index contributed by atoms with van der Waals surface area (Å²) in [6, 6.07) is 8.43. The van der Waals surface area contributed by atoms with E-state index < -0.39 is 9.84 Å². The molecule has 2 unspecified atom stereocenters. The summed E-state index contributed by atoms with van der Waals surface area (Å²) < 4.78 is 23.6. The monoisotopic (exact) mass is 379 g/mol. The normalized spacial score (nSPS) is 20.5. The zero-order chi connectivity index (χ0) is 19.5. The van der Waals surface area contributed by atoms with E-state index in [1.807, 2.05) is 6.92 Å². The summed E-state index contributed by atoms with van der Waals surface area (Å²) in [5.74, 6) is 1.36. The van der Waals surface area contributed by atoms with Gasteiger partial charge in [0.25, 0.3) is 0 Å². The molecule has 0 spiro atoms. The number of amides is 1. The lowest BCUT2D eigenvalue weighted by Gasteiger charge is -2.30. The number of sulfone groups is 1. The molecule has 0 aliphatic carbocycles. The van der Waals surface area contributed by atoms with Crippen LogP contribution in [0.5, 0.6) is 0 Å². The van der Waals surface area contributed by atoms with Crippen LogP contribution < -0.4 is 0 Å². The van der Waals surface area contributed by atoms with Gasteiger partial charge in [0.05, 0.1) is 11.5 Å². The first-order chi connectivity index (χ1) is 12.1. The van der Waals surface area contributed by atoms with Crippen molar-refractivity contribution in [1.82, 2.24) is 4.90 Å². The minimum Gasteiger partial charge on any atom is -0.339 e. The van der Waals surface area contributed by atoms with Gasteiger partial charge in [-0.1, -0.05) is 52.0 Å². The number of carbonyl (C=O) groups excluding carboxylic acids is 1. The Hall–Kier alpha value is -1.36. The van der Waals surface area contributed by atoms with Gasteiger partial charge in [-0.2, -0.15) is 0 Å². The van der Waals surface area contributed by atoms with Crippen LogP contribution in [0.2, 0.25) is 0 Å².